The first-order valence-corrected chi connectivity index (χ1v) is 6.69. The number of benzene rings is 1. The van der Waals surface area contributed by atoms with Crippen molar-refractivity contribution in [2.24, 2.45) is 7.05 Å². The Balaban J connectivity index is 2.14. The third kappa shape index (κ3) is 3.64. The molecule has 2 unspecified atom stereocenters. The van der Waals surface area contributed by atoms with Crippen LogP contribution in [0.25, 0.3) is 0 Å². The smallest absolute Gasteiger partial charge is 0.337 e. The number of hydrogen-bond acceptors (Lipinski definition) is 2. The molecule has 2 atom stereocenters. The maximum absolute atomic E-state index is 12.7. The van der Waals surface area contributed by atoms with Gasteiger partial charge in [-0.15, -0.1) is 0 Å². The molecular weight excluding hydrogens is 279 g/mol. The number of nitrogens with zero attached hydrogens (tertiary/aromatic N) is 2. The highest BCUT2D eigenvalue weighted by Crippen LogP contribution is 2.31. The molecule has 3 nitrogen and oxygen atoms in total. The van der Waals surface area contributed by atoms with Crippen molar-refractivity contribution >= 4 is 0 Å². The molecule has 6 heteroatoms. The van der Waals surface area contributed by atoms with Crippen LogP contribution >= 0.6 is 0 Å². The summed E-state index contributed by atoms with van der Waals surface area (Å²) in [6.07, 6.45) is -0.786. The summed E-state index contributed by atoms with van der Waals surface area (Å²) in [6.45, 7) is 3.78. The summed E-state index contributed by atoms with van der Waals surface area (Å²) in [6, 6.07) is 5.12. The Kier molecular flexibility index (Phi) is 4.37. The molecule has 0 amide bonds. The largest absolute Gasteiger partial charge is 0.416 e. The Labute approximate surface area is 121 Å². The minimum atomic E-state index is -4.32. The second kappa shape index (κ2) is 5.89. The van der Waals surface area contributed by atoms with E-state index in [2.05, 4.69) is 10.3 Å². The first-order valence-electron chi connectivity index (χ1n) is 6.69. The molecular formula is C15H18F3N3. The molecule has 21 heavy (non-hydrogen) atoms. The van der Waals surface area contributed by atoms with Crippen molar-refractivity contribution in [1.82, 2.24) is 14.9 Å². The normalized spacial score (nSPS) is 15.0. The number of halogens is 3. The fraction of sp³-hybridized carbons (Fsp3) is 0.400. The van der Waals surface area contributed by atoms with Gasteiger partial charge in [-0.3, -0.25) is 0 Å². The summed E-state index contributed by atoms with van der Waals surface area (Å²) < 4.78 is 40.1. The van der Waals surface area contributed by atoms with Gasteiger partial charge in [-0.2, -0.15) is 13.2 Å². The van der Waals surface area contributed by atoms with Gasteiger partial charge in [-0.1, -0.05) is 12.1 Å². The number of alkyl halides is 3. The van der Waals surface area contributed by atoms with Gasteiger partial charge in [-0.25, -0.2) is 4.98 Å². The summed E-state index contributed by atoms with van der Waals surface area (Å²) in [5, 5.41) is 3.27. The van der Waals surface area contributed by atoms with Gasteiger partial charge in [0, 0.05) is 25.5 Å². The van der Waals surface area contributed by atoms with Crippen LogP contribution in [0.1, 0.15) is 42.9 Å². The molecule has 1 heterocycles. The van der Waals surface area contributed by atoms with Crippen LogP contribution in [0.4, 0.5) is 13.2 Å². The van der Waals surface area contributed by atoms with Crippen LogP contribution in [0.5, 0.6) is 0 Å². The zero-order chi connectivity index (χ0) is 15.6. The van der Waals surface area contributed by atoms with Crippen molar-refractivity contribution in [3.05, 3.63) is 53.6 Å². The van der Waals surface area contributed by atoms with Crippen molar-refractivity contribution < 1.29 is 13.2 Å². The summed E-state index contributed by atoms with van der Waals surface area (Å²) in [7, 11) is 1.88. The van der Waals surface area contributed by atoms with Crippen molar-refractivity contribution in [3.63, 3.8) is 0 Å². The van der Waals surface area contributed by atoms with Crippen LogP contribution in [0.3, 0.4) is 0 Å². The van der Waals surface area contributed by atoms with Gasteiger partial charge in [0.05, 0.1) is 11.6 Å². The van der Waals surface area contributed by atoms with Crippen LogP contribution in [0, 0.1) is 0 Å². The predicted molar refractivity (Wildman–Crippen MR) is 74.6 cm³/mol. The Hall–Kier alpha value is -1.82. The van der Waals surface area contributed by atoms with Crippen LogP contribution in [-0.2, 0) is 13.2 Å². The highest BCUT2D eigenvalue weighted by molar-refractivity contribution is 5.27. The molecule has 0 bridgehead atoms. The number of imidazole rings is 1. The molecule has 0 spiro atoms. The molecule has 1 aromatic heterocycles. The number of aromatic nitrogens is 2. The molecule has 0 aliphatic heterocycles. The molecule has 0 aliphatic carbocycles. The monoisotopic (exact) mass is 297 g/mol. The van der Waals surface area contributed by atoms with E-state index in [4.69, 9.17) is 0 Å². The van der Waals surface area contributed by atoms with E-state index in [0.29, 0.717) is 5.56 Å². The lowest BCUT2D eigenvalue weighted by Crippen LogP contribution is -2.25. The van der Waals surface area contributed by atoms with Crippen molar-refractivity contribution in [1.29, 1.82) is 0 Å². The van der Waals surface area contributed by atoms with E-state index in [1.54, 1.807) is 12.3 Å². The molecule has 0 aliphatic rings. The number of rotatable bonds is 4. The lowest BCUT2D eigenvalue weighted by Gasteiger charge is -2.21. The van der Waals surface area contributed by atoms with E-state index < -0.39 is 11.7 Å². The SMILES string of the molecule is CC(NC(C)c1nccn1C)c1cccc(C(F)(F)F)c1. The highest BCUT2D eigenvalue weighted by Gasteiger charge is 2.30. The van der Waals surface area contributed by atoms with E-state index in [1.165, 1.54) is 12.1 Å². The second-order valence-corrected chi connectivity index (χ2v) is 5.13. The summed E-state index contributed by atoms with van der Waals surface area (Å²) in [5.41, 5.74) is -0.0239. The molecule has 1 aromatic carbocycles. The Morgan fingerprint density at radius 1 is 1.19 bits per heavy atom. The zero-order valence-electron chi connectivity index (χ0n) is 12.1. The Bertz CT molecular complexity index is 604. The summed E-state index contributed by atoms with van der Waals surface area (Å²) in [5.74, 6) is 0.842. The van der Waals surface area contributed by atoms with Crippen molar-refractivity contribution in [2.45, 2.75) is 32.1 Å². The van der Waals surface area contributed by atoms with Crippen LogP contribution < -0.4 is 5.32 Å². The van der Waals surface area contributed by atoms with Gasteiger partial charge in [0.15, 0.2) is 0 Å². The van der Waals surface area contributed by atoms with Crippen LogP contribution in [-0.4, -0.2) is 9.55 Å². The molecule has 0 radical (unpaired) electrons. The molecule has 0 fully saturated rings. The van der Waals surface area contributed by atoms with E-state index in [0.717, 1.165) is 11.9 Å². The van der Waals surface area contributed by atoms with Crippen molar-refractivity contribution in [3.8, 4) is 0 Å². The quantitative estimate of drug-likeness (QED) is 0.929. The van der Waals surface area contributed by atoms with Gasteiger partial charge >= 0.3 is 6.18 Å². The van der Waals surface area contributed by atoms with Gasteiger partial charge in [-0.05, 0) is 31.5 Å². The number of hydrogen-bond donors (Lipinski definition) is 1. The lowest BCUT2D eigenvalue weighted by atomic mass is 10.0. The first-order chi connectivity index (χ1) is 9.79. The lowest BCUT2D eigenvalue weighted by molar-refractivity contribution is -0.137. The maximum atomic E-state index is 12.7. The standard InChI is InChI=1S/C15H18F3N3/c1-10(20-11(2)14-19-7-8-21(14)3)12-5-4-6-13(9-12)15(16,17)18/h4-11,20H,1-3H3. The molecule has 114 valence electrons. The third-order valence-electron chi connectivity index (χ3n) is 3.46. The number of aryl methyl sites for hydroxylation is 1. The average Bonchev–Trinajstić information content (AvgIpc) is 2.84. The summed E-state index contributed by atoms with van der Waals surface area (Å²) >= 11 is 0. The molecule has 2 rings (SSSR count). The second-order valence-electron chi connectivity index (χ2n) is 5.13. The van der Waals surface area contributed by atoms with E-state index in [9.17, 15) is 13.2 Å². The molecule has 1 N–H and O–H groups in total. The minimum Gasteiger partial charge on any atom is -0.337 e. The summed E-state index contributed by atoms with van der Waals surface area (Å²) in [4.78, 5) is 4.24. The Morgan fingerprint density at radius 2 is 1.90 bits per heavy atom. The molecule has 2 aromatic rings. The van der Waals surface area contributed by atoms with Gasteiger partial charge in [0.2, 0.25) is 0 Å². The third-order valence-corrected chi connectivity index (χ3v) is 3.46. The zero-order valence-corrected chi connectivity index (χ0v) is 12.1. The van der Waals surface area contributed by atoms with Gasteiger partial charge in [0.25, 0.3) is 0 Å². The van der Waals surface area contributed by atoms with E-state index >= 15 is 0 Å². The Morgan fingerprint density at radius 3 is 2.48 bits per heavy atom. The minimum absolute atomic E-state index is 0.0606. The van der Waals surface area contributed by atoms with E-state index in [-0.39, 0.29) is 12.1 Å². The fourth-order valence-electron chi connectivity index (χ4n) is 2.32. The molecule has 0 saturated carbocycles. The fourth-order valence-corrected chi connectivity index (χ4v) is 2.32. The van der Waals surface area contributed by atoms with Gasteiger partial charge in [0.1, 0.15) is 5.82 Å². The topological polar surface area (TPSA) is 29.9 Å². The maximum Gasteiger partial charge on any atom is 0.416 e. The number of nitrogens with one attached hydrogen (secondary N) is 1. The van der Waals surface area contributed by atoms with E-state index in [1.807, 2.05) is 31.7 Å². The van der Waals surface area contributed by atoms with Crippen LogP contribution in [0.2, 0.25) is 0 Å². The van der Waals surface area contributed by atoms with Crippen molar-refractivity contribution in [2.75, 3.05) is 0 Å². The van der Waals surface area contributed by atoms with Crippen LogP contribution in [0.15, 0.2) is 36.7 Å². The molecule has 0 saturated heterocycles. The first kappa shape index (κ1) is 15.6. The van der Waals surface area contributed by atoms with Gasteiger partial charge < -0.3 is 9.88 Å². The predicted octanol–water partition coefficient (Wildman–Crippen LogP) is 3.85. The highest BCUT2D eigenvalue weighted by atomic mass is 19.4. The average molecular weight is 297 g/mol.